The molecule has 0 saturated carbocycles. The predicted octanol–water partition coefficient (Wildman–Crippen LogP) is 5.75. The molecule has 0 fully saturated rings. The normalized spacial score (nSPS) is 15.6. The summed E-state index contributed by atoms with van der Waals surface area (Å²) in [6, 6.07) is 17.6. The maximum atomic E-state index is 13.6. The summed E-state index contributed by atoms with van der Waals surface area (Å²) in [5, 5.41) is 0.423. The monoisotopic (exact) mass is 463 g/mol. The van der Waals surface area contributed by atoms with E-state index in [0.717, 1.165) is 10.0 Å². The molecule has 0 N–H and O–H groups in total. The first-order chi connectivity index (χ1) is 14.4. The molecule has 3 aromatic carbocycles. The number of fused-ring (bicyclic) bond motifs is 2. The van der Waals surface area contributed by atoms with E-state index >= 15 is 0 Å². The molecule has 6 heteroatoms. The van der Waals surface area contributed by atoms with Gasteiger partial charge < -0.3 is 4.42 Å². The maximum Gasteiger partial charge on any atom is 0.295 e. The lowest BCUT2D eigenvalue weighted by atomic mass is 9.98. The molecule has 0 bridgehead atoms. The number of halogens is 2. The Balaban J connectivity index is 1.81. The Hall–Kier alpha value is -3.25. The zero-order valence-electron chi connectivity index (χ0n) is 15.9. The Bertz CT molecular complexity index is 1360. The fourth-order valence-corrected chi connectivity index (χ4v) is 4.18. The average molecular weight is 464 g/mol. The third kappa shape index (κ3) is 2.87. The minimum Gasteiger partial charge on any atom is -0.450 e. The Morgan fingerprint density at radius 1 is 0.967 bits per heavy atom. The third-order valence-corrected chi connectivity index (χ3v) is 5.84. The van der Waals surface area contributed by atoms with Crippen molar-refractivity contribution < 1.29 is 13.6 Å². The molecule has 148 valence electrons. The molecule has 30 heavy (non-hydrogen) atoms. The molecule has 1 amide bonds. The van der Waals surface area contributed by atoms with Crippen molar-refractivity contribution >= 4 is 38.5 Å². The van der Waals surface area contributed by atoms with Gasteiger partial charge in [-0.2, -0.15) is 0 Å². The molecule has 1 atom stereocenters. The van der Waals surface area contributed by atoms with Crippen molar-refractivity contribution in [2.24, 2.45) is 0 Å². The number of hydrogen-bond donors (Lipinski definition) is 0. The topological polar surface area (TPSA) is 50.5 Å². The van der Waals surface area contributed by atoms with Crippen molar-refractivity contribution in [3.05, 3.63) is 110 Å². The second-order valence-corrected chi connectivity index (χ2v) is 8.19. The van der Waals surface area contributed by atoms with Gasteiger partial charge in [0.1, 0.15) is 11.4 Å². The Morgan fingerprint density at radius 3 is 2.37 bits per heavy atom. The molecule has 1 aromatic heterocycles. The number of carbonyl (C=O) groups is 1. The lowest BCUT2D eigenvalue weighted by molar-refractivity contribution is 0.0971. The van der Waals surface area contributed by atoms with Crippen LogP contribution in [0.1, 0.15) is 33.3 Å². The van der Waals surface area contributed by atoms with Gasteiger partial charge in [0.15, 0.2) is 5.43 Å². The molecule has 0 radical (unpaired) electrons. The van der Waals surface area contributed by atoms with Gasteiger partial charge >= 0.3 is 0 Å². The fourth-order valence-electron chi connectivity index (χ4n) is 3.92. The standard InChI is InChI=1S/C24H15BrFNO3/c1-13-2-11-19-18(12-13)22(28)20-21(14-3-7-16(26)8-4-14)27(24(29)23(20)30-19)17-9-5-15(25)6-10-17/h2-12,21H,1H3/t21-/m1/s1. The Morgan fingerprint density at radius 2 is 1.67 bits per heavy atom. The molecule has 0 spiro atoms. The summed E-state index contributed by atoms with van der Waals surface area (Å²) < 4.78 is 20.4. The highest BCUT2D eigenvalue weighted by molar-refractivity contribution is 9.10. The van der Waals surface area contributed by atoms with Crippen molar-refractivity contribution in [1.29, 1.82) is 0 Å². The summed E-state index contributed by atoms with van der Waals surface area (Å²) in [5.41, 5.74) is 2.55. The van der Waals surface area contributed by atoms with E-state index in [0.29, 0.717) is 22.2 Å². The minimum absolute atomic E-state index is 0.0218. The molecule has 4 nitrogen and oxygen atoms in total. The molecule has 5 rings (SSSR count). The summed E-state index contributed by atoms with van der Waals surface area (Å²) in [7, 11) is 0. The number of rotatable bonds is 2. The van der Waals surface area contributed by atoms with Gasteiger partial charge in [0, 0.05) is 10.2 Å². The number of nitrogens with zero attached hydrogens (tertiary/aromatic N) is 1. The van der Waals surface area contributed by atoms with Crippen LogP contribution in [0.25, 0.3) is 11.0 Å². The van der Waals surface area contributed by atoms with Crippen LogP contribution in [0.15, 0.2) is 80.4 Å². The highest BCUT2D eigenvalue weighted by Crippen LogP contribution is 2.41. The van der Waals surface area contributed by atoms with E-state index < -0.39 is 11.9 Å². The highest BCUT2D eigenvalue weighted by Gasteiger charge is 2.43. The first-order valence-corrected chi connectivity index (χ1v) is 10.2. The van der Waals surface area contributed by atoms with Gasteiger partial charge in [-0.25, -0.2) is 4.39 Å². The van der Waals surface area contributed by atoms with Crippen molar-refractivity contribution in [2.45, 2.75) is 13.0 Å². The number of amides is 1. The van der Waals surface area contributed by atoms with Gasteiger partial charge in [-0.1, -0.05) is 39.7 Å². The summed E-state index contributed by atoms with van der Waals surface area (Å²) in [6.07, 6.45) is 0. The molecular weight excluding hydrogens is 449 g/mol. The summed E-state index contributed by atoms with van der Waals surface area (Å²) in [6.45, 7) is 1.89. The number of carbonyl (C=O) groups excluding carboxylic acids is 1. The van der Waals surface area contributed by atoms with Crippen LogP contribution in [0.5, 0.6) is 0 Å². The van der Waals surface area contributed by atoms with Gasteiger partial charge in [0.05, 0.1) is 17.0 Å². The van der Waals surface area contributed by atoms with Gasteiger partial charge in [-0.3, -0.25) is 14.5 Å². The molecule has 0 aliphatic carbocycles. The van der Waals surface area contributed by atoms with E-state index in [1.165, 1.54) is 17.0 Å². The third-order valence-electron chi connectivity index (χ3n) is 5.32. The SMILES string of the molecule is Cc1ccc2oc3c(c(=O)c2c1)[C@@H](c1ccc(F)cc1)N(c1ccc(Br)cc1)C3=O. The molecule has 0 unspecified atom stereocenters. The zero-order chi connectivity index (χ0) is 21.0. The first kappa shape index (κ1) is 18.8. The van der Waals surface area contributed by atoms with Crippen LogP contribution in [-0.2, 0) is 0 Å². The van der Waals surface area contributed by atoms with E-state index in [1.807, 2.05) is 25.1 Å². The van der Waals surface area contributed by atoms with Crippen LogP contribution in [0, 0.1) is 12.7 Å². The van der Waals surface area contributed by atoms with E-state index in [-0.39, 0.29) is 22.6 Å². The number of hydrogen-bond acceptors (Lipinski definition) is 3. The first-order valence-electron chi connectivity index (χ1n) is 9.36. The summed E-state index contributed by atoms with van der Waals surface area (Å²) >= 11 is 3.40. The smallest absolute Gasteiger partial charge is 0.295 e. The van der Waals surface area contributed by atoms with Crippen molar-refractivity contribution in [3.8, 4) is 0 Å². The lowest BCUT2D eigenvalue weighted by Crippen LogP contribution is -2.29. The quantitative estimate of drug-likeness (QED) is 0.380. The van der Waals surface area contributed by atoms with E-state index in [9.17, 15) is 14.0 Å². The van der Waals surface area contributed by atoms with Gasteiger partial charge in [0.2, 0.25) is 5.76 Å². The fraction of sp³-hybridized carbons (Fsp3) is 0.0833. The zero-order valence-corrected chi connectivity index (χ0v) is 17.4. The van der Waals surface area contributed by atoms with E-state index in [2.05, 4.69) is 15.9 Å². The minimum atomic E-state index is -0.713. The van der Waals surface area contributed by atoms with Crippen LogP contribution < -0.4 is 10.3 Å². The van der Waals surface area contributed by atoms with Crippen LogP contribution in [0.2, 0.25) is 0 Å². The van der Waals surface area contributed by atoms with Crippen LogP contribution in [0.4, 0.5) is 10.1 Å². The number of aryl methyl sites for hydroxylation is 1. The van der Waals surface area contributed by atoms with Crippen molar-refractivity contribution in [2.75, 3.05) is 4.90 Å². The van der Waals surface area contributed by atoms with Gasteiger partial charge in [-0.15, -0.1) is 0 Å². The Labute approximate surface area is 179 Å². The summed E-state index contributed by atoms with van der Waals surface area (Å²) in [5.74, 6) is -0.769. The molecular formula is C24H15BrFNO3. The Kier molecular flexibility index (Phi) is 4.33. The molecule has 2 heterocycles. The second kappa shape index (κ2) is 6.92. The number of anilines is 1. The maximum absolute atomic E-state index is 13.6. The number of benzene rings is 3. The van der Waals surface area contributed by atoms with E-state index in [4.69, 9.17) is 4.42 Å². The average Bonchev–Trinajstić information content (AvgIpc) is 3.03. The summed E-state index contributed by atoms with van der Waals surface area (Å²) in [4.78, 5) is 28.4. The predicted molar refractivity (Wildman–Crippen MR) is 116 cm³/mol. The molecule has 1 aliphatic rings. The van der Waals surface area contributed by atoms with Gasteiger partial charge in [-0.05, 0) is 61.0 Å². The van der Waals surface area contributed by atoms with Crippen LogP contribution in [-0.4, -0.2) is 5.91 Å². The van der Waals surface area contributed by atoms with Gasteiger partial charge in [0.25, 0.3) is 5.91 Å². The lowest BCUT2D eigenvalue weighted by Gasteiger charge is -2.25. The second-order valence-electron chi connectivity index (χ2n) is 7.28. The highest BCUT2D eigenvalue weighted by atomic mass is 79.9. The molecule has 0 saturated heterocycles. The van der Waals surface area contributed by atoms with Crippen molar-refractivity contribution in [1.82, 2.24) is 0 Å². The van der Waals surface area contributed by atoms with E-state index in [1.54, 1.807) is 36.4 Å². The van der Waals surface area contributed by atoms with Crippen molar-refractivity contribution in [3.63, 3.8) is 0 Å². The molecule has 4 aromatic rings. The van der Waals surface area contributed by atoms with Crippen LogP contribution in [0.3, 0.4) is 0 Å². The van der Waals surface area contributed by atoms with Crippen LogP contribution >= 0.6 is 15.9 Å². The molecule has 1 aliphatic heterocycles. The largest absolute Gasteiger partial charge is 0.450 e.